The van der Waals surface area contributed by atoms with Crippen LogP contribution in [0.25, 0.3) is 0 Å². The molecule has 0 atom stereocenters. The number of nitrogens with zero attached hydrogens (tertiary/aromatic N) is 3. The van der Waals surface area contributed by atoms with Gasteiger partial charge in [0.15, 0.2) is 0 Å². The van der Waals surface area contributed by atoms with Crippen LogP contribution in [0.3, 0.4) is 0 Å². The summed E-state index contributed by atoms with van der Waals surface area (Å²) >= 11 is 3.14. The minimum absolute atomic E-state index is 0.248. The Kier molecular flexibility index (Phi) is 5.04. The summed E-state index contributed by atoms with van der Waals surface area (Å²) in [5.74, 6) is -0.407. The molecule has 0 spiro atoms. The normalized spacial score (nSPS) is 10.9. The summed E-state index contributed by atoms with van der Waals surface area (Å²) in [6.07, 6.45) is -1.13. The molecular weight excluding hydrogens is 296 g/mol. The second kappa shape index (κ2) is 6.09. The number of aromatic nitrogens is 2. The van der Waals surface area contributed by atoms with Crippen LogP contribution in [0.4, 0.5) is 8.78 Å². The van der Waals surface area contributed by atoms with E-state index in [1.165, 1.54) is 6.20 Å². The molecule has 96 valence electrons. The molecule has 1 aromatic rings. The third kappa shape index (κ3) is 3.49. The molecule has 0 radical (unpaired) electrons. The van der Waals surface area contributed by atoms with Crippen molar-refractivity contribution in [1.82, 2.24) is 14.7 Å². The maximum absolute atomic E-state index is 12.4. The minimum atomic E-state index is -2.53. The number of amides is 1. The lowest BCUT2D eigenvalue weighted by Gasteiger charge is -2.20. The van der Waals surface area contributed by atoms with Gasteiger partial charge in [0.05, 0.1) is 18.3 Å². The van der Waals surface area contributed by atoms with E-state index < -0.39 is 18.9 Å². The smallest absolute Gasteiger partial charge is 0.257 e. The molecule has 0 saturated heterocycles. The third-order valence-corrected chi connectivity index (χ3v) is 2.82. The zero-order chi connectivity index (χ0) is 13.0. The number of hydrogen-bond donors (Lipinski definition) is 0. The van der Waals surface area contributed by atoms with Crippen molar-refractivity contribution in [3.63, 3.8) is 0 Å². The van der Waals surface area contributed by atoms with Gasteiger partial charge >= 0.3 is 0 Å². The molecule has 7 heteroatoms. The molecule has 0 unspecified atom stereocenters. The molecule has 1 aromatic heterocycles. The van der Waals surface area contributed by atoms with Crippen LogP contribution in [0, 0.1) is 6.92 Å². The van der Waals surface area contributed by atoms with Gasteiger partial charge in [-0.1, -0.05) is 15.9 Å². The fraction of sp³-hybridized carbons (Fsp3) is 0.600. The Balaban J connectivity index is 2.87. The number of carbonyl (C=O) groups excluding carboxylic acids is 1. The van der Waals surface area contributed by atoms with E-state index in [9.17, 15) is 13.6 Å². The molecule has 0 aliphatic heterocycles. The summed E-state index contributed by atoms with van der Waals surface area (Å²) in [6, 6.07) is 0. The van der Waals surface area contributed by atoms with Crippen molar-refractivity contribution in [1.29, 1.82) is 0 Å². The van der Waals surface area contributed by atoms with Crippen molar-refractivity contribution in [3.8, 4) is 0 Å². The molecular formula is C10H14BrF2N3O. The fourth-order valence-corrected chi connectivity index (χ4v) is 1.85. The SMILES string of the molecule is Cc1c(C(=O)N(CCBr)CC(F)F)cnn1C. The van der Waals surface area contributed by atoms with Crippen LogP contribution in [-0.2, 0) is 7.05 Å². The lowest BCUT2D eigenvalue weighted by Crippen LogP contribution is -2.36. The van der Waals surface area contributed by atoms with Crippen LogP contribution in [0.2, 0.25) is 0 Å². The van der Waals surface area contributed by atoms with Crippen LogP contribution in [0.15, 0.2) is 6.20 Å². The topological polar surface area (TPSA) is 38.1 Å². The molecule has 0 saturated carbocycles. The number of halogens is 3. The van der Waals surface area contributed by atoms with Gasteiger partial charge in [0.25, 0.3) is 12.3 Å². The molecule has 0 fully saturated rings. The number of alkyl halides is 3. The van der Waals surface area contributed by atoms with Gasteiger partial charge in [-0.25, -0.2) is 8.78 Å². The molecule has 0 aliphatic carbocycles. The summed E-state index contributed by atoms with van der Waals surface area (Å²) in [5.41, 5.74) is 1.04. The lowest BCUT2D eigenvalue weighted by molar-refractivity contribution is 0.0571. The van der Waals surface area contributed by atoms with Crippen molar-refractivity contribution >= 4 is 21.8 Å². The molecule has 1 heterocycles. The molecule has 0 bridgehead atoms. The molecule has 1 amide bonds. The first-order valence-electron chi connectivity index (χ1n) is 5.09. The minimum Gasteiger partial charge on any atom is -0.332 e. The van der Waals surface area contributed by atoms with Gasteiger partial charge in [-0.2, -0.15) is 5.10 Å². The summed E-state index contributed by atoms with van der Waals surface area (Å²) in [6.45, 7) is 1.42. The van der Waals surface area contributed by atoms with Gasteiger partial charge in [0.2, 0.25) is 0 Å². The van der Waals surface area contributed by atoms with Crippen molar-refractivity contribution in [2.75, 3.05) is 18.4 Å². The highest BCUT2D eigenvalue weighted by Crippen LogP contribution is 2.11. The standard InChI is InChI=1S/C10H14BrF2N3O/c1-7-8(5-14-15(7)2)10(17)16(4-3-11)6-9(12)13/h5,9H,3-4,6H2,1-2H3. The van der Waals surface area contributed by atoms with Crippen molar-refractivity contribution in [2.24, 2.45) is 7.05 Å². The van der Waals surface area contributed by atoms with Crippen LogP contribution in [0.5, 0.6) is 0 Å². The van der Waals surface area contributed by atoms with Crippen molar-refractivity contribution in [2.45, 2.75) is 13.3 Å². The van der Waals surface area contributed by atoms with Gasteiger partial charge in [0.1, 0.15) is 0 Å². The van der Waals surface area contributed by atoms with E-state index in [0.717, 1.165) is 4.90 Å². The molecule has 0 aliphatic rings. The van der Waals surface area contributed by atoms with E-state index in [1.54, 1.807) is 18.7 Å². The average Bonchev–Trinajstić information content (AvgIpc) is 2.58. The highest BCUT2D eigenvalue weighted by molar-refractivity contribution is 9.09. The average molecular weight is 310 g/mol. The first-order valence-corrected chi connectivity index (χ1v) is 6.21. The Morgan fingerprint density at radius 1 is 1.65 bits per heavy atom. The van der Waals surface area contributed by atoms with Crippen LogP contribution in [0.1, 0.15) is 16.1 Å². The molecule has 0 aromatic carbocycles. The first-order chi connectivity index (χ1) is 7.97. The van der Waals surface area contributed by atoms with E-state index in [0.29, 0.717) is 16.6 Å². The van der Waals surface area contributed by atoms with Gasteiger partial charge in [0, 0.05) is 24.6 Å². The van der Waals surface area contributed by atoms with Gasteiger partial charge in [-0.15, -0.1) is 0 Å². The predicted molar refractivity (Wildman–Crippen MR) is 63.6 cm³/mol. The Morgan fingerprint density at radius 2 is 2.29 bits per heavy atom. The van der Waals surface area contributed by atoms with Gasteiger partial charge in [-0.05, 0) is 6.92 Å². The number of carbonyl (C=O) groups is 1. The first kappa shape index (κ1) is 14.1. The fourth-order valence-electron chi connectivity index (χ4n) is 1.42. The van der Waals surface area contributed by atoms with Gasteiger partial charge in [-0.3, -0.25) is 9.48 Å². The maximum Gasteiger partial charge on any atom is 0.257 e. The summed E-state index contributed by atoms with van der Waals surface area (Å²) in [7, 11) is 1.70. The lowest BCUT2D eigenvalue weighted by atomic mass is 10.2. The van der Waals surface area contributed by atoms with Crippen molar-refractivity contribution in [3.05, 3.63) is 17.5 Å². The zero-order valence-corrected chi connectivity index (χ0v) is 11.2. The van der Waals surface area contributed by atoms with Gasteiger partial charge < -0.3 is 4.90 Å². The van der Waals surface area contributed by atoms with Crippen LogP contribution >= 0.6 is 15.9 Å². The number of hydrogen-bond acceptors (Lipinski definition) is 2. The Hall–Kier alpha value is -0.980. The number of aryl methyl sites for hydroxylation is 1. The van der Waals surface area contributed by atoms with E-state index in [2.05, 4.69) is 21.0 Å². The van der Waals surface area contributed by atoms with Crippen LogP contribution < -0.4 is 0 Å². The predicted octanol–water partition coefficient (Wildman–Crippen LogP) is 1.83. The second-order valence-electron chi connectivity index (χ2n) is 3.60. The summed E-state index contributed by atoms with van der Waals surface area (Å²) in [5, 5.41) is 4.39. The molecule has 17 heavy (non-hydrogen) atoms. The number of rotatable bonds is 5. The maximum atomic E-state index is 12.4. The molecule has 4 nitrogen and oxygen atoms in total. The summed E-state index contributed by atoms with van der Waals surface area (Å²) in [4.78, 5) is 13.2. The van der Waals surface area contributed by atoms with E-state index in [4.69, 9.17) is 0 Å². The highest BCUT2D eigenvalue weighted by atomic mass is 79.9. The third-order valence-electron chi connectivity index (χ3n) is 2.47. The zero-order valence-electron chi connectivity index (χ0n) is 9.66. The highest BCUT2D eigenvalue weighted by Gasteiger charge is 2.22. The second-order valence-corrected chi connectivity index (χ2v) is 4.39. The molecule has 0 N–H and O–H groups in total. The quantitative estimate of drug-likeness (QED) is 0.778. The van der Waals surface area contributed by atoms with E-state index in [-0.39, 0.29) is 6.54 Å². The Labute approximate surface area is 107 Å². The monoisotopic (exact) mass is 309 g/mol. The molecule has 1 rings (SSSR count). The van der Waals surface area contributed by atoms with E-state index in [1.807, 2.05) is 0 Å². The van der Waals surface area contributed by atoms with Crippen LogP contribution in [-0.4, -0.2) is 45.4 Å². The summed E-state index contributed by atoms with van der Waals surface area (Å²) < 4.78 is 26.3. The van der Waals surface area contributed by atoms with E-state index >= 15 is 0 Å². The Morgan fingerprint density at radius 3 is 2.71 bits per heavy atom. The Bertz CT molecular complexity index is 395. The van der Waals surface area contributed by atoms with Crippen molar-refractivity contribution < 1.29 is 13.6 Å². The largest absolute Gasteiger partial charge is 0.332 e.